The van der Waals surface area contributed by atoms with Gasteiger partial charge in [0.15, 0.2) is 0 Å². The molecule has 3 heteroatoms. The lowest BCUT2D eigenvalue weighted by Gasteiger charge is -2.17. The van der Waals surface area contributed by atoms with Gasteiger partial charge in [-0.05, 0) is 55.2 Å². The molecule has 0 amide bonds. The number of hydrogen-bond donors (Lipinski definition) is 1. The zero-order valence-electron chi connectivity index (χ0n) is 12.2. The lowest BCUT2D eigenvalue weighted by Crippen LogP contribution is -2.06. The van der Waals surface area contributed by atoms with Crippen LogP contribution in [0.4, 0.5) is 4.39 Å². The molecule has 0 aliphatic heterocycles. The molecule has 0 fully saturated rings. The lowest BCUT2D eigenvalue weighted by molar-refractivity contribution is 0.213. The molecule has 2 aromatic carbocycles. The summed E-state index contributed by atoms with van der Waals surface area (Å²) in [5.74, 6) is 0.307. The number of hydrogen-bond acceptors (Lipinski definition) is 2. The molecule has 0 bridgehead atoms. The summed E-state index contributed by atoms with van der Waals surface area (Å²) in [6.07, 6.45) is -0.995. The van der Waals surface area contributed by atoms with Crippen molar-refractivity contribution in [2.45, 2.75) is 26.9 Å². The Balaban J connectivity index is 2.49. The second kappa shape index (κ2) is 5.63. The molecule has 1 atom stereocenters. The molecular weight excluding hydrogens is 255 g/mol. The first kappa shape index (κ1) is 14.5. The quantitative estimate of drug-likeness (QED) is 0.921. The number of benzene rings is 2. The van der Waals surface area contributed by atoms with Crippen molar-refractivity contribution in [1.29, 1.82) is 0 Å². The number of aryl methyl sites for hydroxylation is 3. The first-order chi connectivity index (χ1) is 9.43. The second-order valence-corrected chi connectivity index (χ2v) is 5.11. The Hall–Kier alpha value is -1.87. The summed E-state index contributed by atoms with van der Waals surface area (Å²) in [5.41, 5.74) is 3.51. The second-order valence-electron chi connectivity index (χ2n) is 5.11. The largest absolute Gasteiger partial charge is 0.496 e. The van der Waals surface area contributed by atoms with Gasteiger partial charge < -0.3 is 9.84 Å². The first-order valence-electron chi connectivity index (χ1n) is 6.53. The van der Waals surface area contributed by atoms with Gasteiger partial charge >= 0.3 is 0 Å². The van der Waals surface area contributed by atoms with Gasteiger partial charge in [-0.2, -0.15) is 0 Å². The van der Waals surface area contributed by atoms with Crippen molar-refractivity contribution in [3.63, 3.8) is 0 Å². The van der Waals surface area contributed by atoms with Gasteiger partial charge in [-0.1, -0.05) is 18.2 Å². The Morgan fingerprint density at radius 3 is 2.35 bits per heavy atom. The third kappa shape index (κ3) is 2.68. The molecule has 2 nitrogen and oxygen atoms in total. The lowest BCUT2D eigenvalue weighted by atomic mass is 9.95. The highest BCUT2D eigenvalue weighted by molar-refractivity contribution is 5.43. The summed E-state index contributed by atoms with van der Waals surface area (Å²) in [7, 11) is 1.58. The van der Waals surface area contributed by atoms with Crippen molar-refractivity contribution in [2.24, 2.45) is 0 Å². The molecule has 106 valence electrons. The number of aliphatic hydroxyl groups excluding tert-OH is 1. The monoisotopic (exact) mass is 274 g/mol. The summed E-state index contributed by atoms with van der Waals surface area (Å²) in [6, 6.07) is 8.71. The Bertz CT molecular complexity index is 612. The minimum absolute atomic E-state index is 0.321. The maximum Gasteiger partial charge on any atom is 0.129 e. The average molecular weight is 274 g/mol. The Labute approximate surface area is 118 Å². The minimum atomic E-state index is -0.995. The molecule has 0 aliphatic carbocycles. The fraction of sp³-hybridized carbons (Fsp3) is 0.294. The van der Waals surface area contributed by atoms with Crippen molar-refractivity contribution in [3.05, 3.63) is 64.0 Å². The predicted molar refractivity (Wildman–Crippen MR) is 77.7 cm³/mol. The van der Waals surface area contributed by atoms with Crippen LogP contribution in [0.3, 0.4) is 0 Å². The van der Waals surface area contributed by atoms with Gasteiger partial charge in [0.05, 0.1) is 7.11 Å². The summed E-state index contributed by atoms with van der Waals surface area (Å²) in [4.78, 5) is 0. The standard InChI is InChI=1S/C17H19FO2/c1-10-7-12(3)16(14(18)8-10)17(19)13-6-5-11(2)15(9-13)20-4/h5-9,17,19H,1-4H3. The van der Waals surface area contributed by atoms with Crippen LogP contribution in [-0.4, -0.2) is 12.2 Å². The zero-order valence-corrected chi connectivity index (χ0v) is 12.2. The number of rotatable bonds is 3. The van der Waals surface area contributed by atoms with Crippen LogP contribution in [0, 0.1) is 26.6 Å². The molecule has 0 heterocycles. The van der Waals surface area contributed by atoms with E-state index >= 15 is 0 Å². The van der Waals surface area contributed by atoms with E-state index in [1.165, 1.54) is 6.07 Å². The van der Waals surface area contributed by atoms with Crippen LogP contribution >= 0.6 is 0 Å². The van der Waals surface area contributed by atoms with E-state index in [-0.39, 0.29) is 5.82 Å². The minimum Gasteiger partial charge on any atom is -0.496 e. The van der Waals surface area contributed by atoms with Gasteiger partial charge in [0.1, 0.15) is 17.7 Å². The average Bonchev–Trinajstić information content (AvgIpc) is 2.37. The van der Waals surface area contributed by atoms with Crippen LogP contribution in [0.25, 0.3) is 0 Å². The van der Waals surface area contributed by atoms with Crippen molar-refractivity contribution in [1.82, 2.24) is 0 Å². The van der Waals surface area contributed by atoms with E-state index in [4.69, 9.17) is 4.74 Å². The zero-order chi connectivity index (χ0) is 14.9. The third-order valence-electron chi connectivity index (χ3n) is 3.50. The highest BCUT2D eigenvalue weighted by Crippen LogP contribution is 2.31. The SMILES string of the molecule is COc1cc(C(O)c2c(C)cc(C)cc2F)ccc1C. The van der Waals surface area contributed by atoms with Gasteiger partial charge in [0.2, 0.25) is 0 Å². The molecule has 1 N–H and O–H groups in total. The predicted octanol–water partition coefficient (Wildman–Crippen LogP) is 3.84. The highest BCUT2D eigenvalue weighted by Gasteiger charge is 2.19. The van der Waals surface area contributed by atoms with E-state index in [1.807, 2.05) is 26.0 Å². The topological polar surface area (TPSA) is 29.5 Å². The number of aliphatic hydroxyl groups is 1. The maximum absolute atomic E-state index is 14.1. The van der Waals surface area contributed by atoms with E-state index in [2.05, 4.69) is 0 Å². The van der Waals surface area contributed by atoms with Crippen LogP contribution < -0.4 is 4.74 Å². The van der Waals surface area contributed by atoms with Gasteiger partial charge in [-0.15, -0.1) is 0 Å². The van der Waals surface area contributed by atoms with Gasteiger partial charge in [0, 0.05) is 5.56 Å². The van der Waals surface area contributed by atoms with E-state index in [9.17, 15) is 9.50 Å². The van der Waals surface area contributed by atoms with E-state index in [0.29, 0.717) is 16.9 Å². The summed E-state index contributed by atoms with van der Waals surface area (Å²) in [6.45, 7) is 5.56. The van der Waals surface area contributed by atoms with Gasteiger partial charge in [0.25, 0.3) is 0 Å². The number of methoxy groups -OCH3 is 1. The van der Waals surface area contributed by atoms with Crippen LogP contribution in [0.5, 0.6) is 5.75 Å². The molecule has 0 spiro atoms. The molecule has 0 saturated carbocycles. The first-order valence-corrected chi connectivity index (χ1v) is 6.53. The number of ether oxygens (including phenoxy) is 1. The summed E-state index contributed by atoms with van der Waals surface area (Å²) >= 11 is 0. The molecule has 0 aliphatic rings. The molecule has 2 aromatic rings. The van der Waals surface area contributed by atoms with Crippen LogP contribution in [0.1, 0.15) is 33.9 Å². The van der Waals surface area contributed by atoms with E-state index < -0.39 is 6.10 Å². The van der Waals surface area contributed by atoms with Crippen molar-refractivity contribution in [3.8, 4) is 5.75 Å². The smallest absolute Gasteiger partial charge is 0.129 e. The molecule has 1 unspecified atom stereocenters. The fourth-order valence-electron chi connectivity index (χ4n) is 2.45. The van der Waals surface area contributed by atoms with Crippen LogP contribution in [0.15, 0.2) is 30.3 Å². The Kier molecular flexibility index (Phi) is 4.09. The fourth-order valence-corrected chi connectivity index (χ4v) is 2.45. The van der Waals surface area contributed by atoms with Gasteiger partial charge in [-0.25, -0.2) is 4.39 Å². The van der Waals surface area contributed by atoms with Crippen molar-refractivity contribution >= 4 is 0 Å². The van der Waals surface area contributed by atoms with Gasteiger partial charge in [-0.3, -0.25) is 0 Å². The third-order valence-corrected chi connectivity index (χ3v) is 3.50. The summed E-state index contributed by atoms with van der Waals surface area (Å²) in [5, 5.41) is 10.5. The molecule has 0 saturated heterocycles. The summed E-state index contributed by atoms with van der Waals surface area (Å²) < 4.78 is 19.4. The molecule has 20 heavy (non-hydrogen) atoms. The van der Waals surface area contributed by atoms with E-state index in [1.54, 1.807) is 26.2 Å². The maximum atomic E-state index is 14.1. The molecular formula is C17H19FO2. The molecule has 0 radical (unpaired) electrons. The van der Waals surface area contributed by atoms with Crippen LogP contribution in [-0.2, 0) is 0 Å². The van der Waals surface area contributed by atoms with Crippen molar-refractivity contribution in [2.75, 3.05) is 7.11 Å². The Morgan fingerprint density at radius 2 is 1.75 bits per heavy atom. The Morgan fingerprint density at radius 1 is 1.05 bits per heavy atom. The number of halogens is 1. The van der Waals surface area contributed by atoms with E-state index in [0.717, 1.165) is 16.7 Å². The normalized spacial score (nSPS) is 12.3. The van der Waals surface area contributed by atoms with Crippen LogP contribution in [0.2, 0.25) is 0 Å². The van der Waals surface area contributed by atoms with Crippen molar-refractivity contribution < 1.29 is 14.2 Å². The highest BCUT2D eigenvalue weighted by atomic mass is 19.1. The molecule has 0 aromatic heterocycles. The molecule has 2 rings (SSSR count).